The van der Waals surface area contributed by atoms with Gasteiger partial charge in [-0.05, 0) is 94.6 Å². The number of nitrogens with zero attached hydrogens (tertiary/aromatic N) is 2. The monoisotopic (exact) mass is 474 g/mol. The van der Waals surface area contributed by atoms with Gasteiger partial charge in [-0.3, -0.25) is 9.80 Å². The van der Waals surface area contributed by atoms with Gasteiger partial charge in [0.1, 0.15) is 6.10 Å². The van der Waals surface area contributed by atoms with Crippen LogP contribution < -0.4 is 4.74 Å². The lowest BCUT2D eigenvalue weighted by Crippen LogP contribution is -2.78. The Labute approximate surface area is 208 Å². The quantitative estimate of drug-likeness (QED) is 0.638. The highest BCUT2D eigenvalue weighted by Gasteiger charge is 2.73. The number of hydrogen-bond donors (Lipinski definition) is 2. The number of aromatic hydroxyl groups is 1. The predicted molar refractivity (Wildman–Crippen MR) is 136 cm³/mol. The molecule has 2 N–H and O–H groups in total. The van der Waals surface area contributed by atoms with Crippen LogP contribution in [0.3, 0.4) is 0 Å². The van der Waals surface area contributed by atoms with E-state index in [1.807, 2.05) is 6.07 Å². The minimum Gasteiger partial charge on any atom is -0.504 e. The van der Waals surface area contributed by atoms with E-state index in [4.69, 9.17) is 4.74 Å². The summed E-state index contributed by atoms with van der Waals surface area (Å²) in [5.74, 6) is 1.70. The molecule has 186 valence electrons. The van der Waals surface area contributed by atoms with Gasteiger partial charge in [-0.1, -0.05) is 36.4 Å². The molecule has 2 aromatic rings. The first kappa shape index (κ1) is 22.1. The Kier molecular flexibility index (Phi) is 5.04. The molecule has 3 fully saturated rings. The molecular weight excluding hydrogens is 436 g/mol. The van der Waals surface area contributed by atoms with E-state index in [9.17, 15) is 10.2 Å². The summed E-state index contributed by atoms with van der Waals surface area (Å²) in [5, 5.41) is 23.4. The van der Waals surface area contributed by atoms with Gasteiger partial charge in [-0.2, -0.15) is 0 Å². The van der Waals surface area contributed by atoms with Gasteiger partial charge in [0.25, 0.3) is 0 Å². The number of likely N-dealkylation sites (N-methyl/N-ethyl adjacent to an activating group) is 1. The Bertz CT molecular complexity index is 1120. The largest absolute Gasteiger partial charge is 0.504 e. The van der Waals surface area contributed by atoms with Gasteiger partial charge in [-0.15, -0.1) is 0 Å². The highest BCUT2D eigenvalue weighted by atomic mass is 16.5. The molecule has 5 heteroatoms. The van der Waals surface area contributed by atoms with Crippen LogP contribution in [0.5, 0.6) is 11.5 Å². The van der Waals surface area contributed by atoms with E-state index in [0.29, 0.717) is 5.75 Å². The molecule has 5 aliphatic rings. The number of aryl methyl sites for hydroxylation is 1. The zero-order valence-corrected chi connectivity index (χ0v) is 20.8. The summed E-state index contributed by atoms with van der Waals surface area (Å²) < 4.78 is 6.73. The average molecular weight is 475 g/mol. The zero-order chi connectivity index (χ0) is 23.8. The molecule has 0 radical (unpaired) electrons. The minimum atomic E-state index is -0.793. The average Bonchev–Trinajstić information content (AvgIpc) is 3.60. The van der Waals surface area contributed by atoms with Crippen molar-refractivity contribution in [1.29, 1.82) is 0 Å². The maximum absolute atomic E-state index is 12.6. The number of piperidine rings is 1. The number of rotatable bonds is 7. The predicted octanol–water partition coefficient (Wildman–Crippen LogP) is 3.89. The second-order valence-corrected chi connectivity index (χ2v) is 12.0. The van der Waals surface area contributed by atoms with E-state index in [1.54, 1.807) is 0 Å². The molecule has 0 unspecified atom stereocenters. The van der Waals surface area contributed by atoms with Crippen molar-refractivity contribution in [1.82, 2.24) is 9.80 Å². The first-order valence-corrected chi connectivity index (χ1v) is 13.7. The molecule has 7 rings (SSSR count). The van der Waals surface area contributed by atoms with E-state index < -0.39 is 11.0 Å². The topological polar surface area (TPSA) is 56.2 Å². The van der Waals surface area contributed by atoms with Crippen molar-refractivity contribution in [2.75, 3.05) is 26.7 Å². The van der Waals surface area contributed by atoms with Gasteiger partial charge < -0.3 is 14.9 Å². The van der Waals surface area contributed by atoms with Gasteiger partial charge in [-0.25, -0.2) is 0 Å². The lowest BCUT2D eigenvalue weighted by atomic mass is 9.48. The summed E-state index contributed by atoms with van der Waals surface area (Å²) >= 11 is 0. The Morgan fingerprint density at radius 3 is 2.71 bits per heavy atom. The maximum Gasteiger partial charge on any atom is 0.165 e. The molecule has 2 aromatic carbocycles. The Morgan fingerprint density at radius 1 is 1.09 bits per heavy atom. The van der Waals surface area contributed by atoms with Crippen molar-refractivity contribution in [3.05, 3.63) is 59.2 Å². The van der Waals surface area contributed by atoms with Crippen LogP contribution in [0.15, 0.2) is 42.5 Å². The van der Waals surface area contributed by atoms with Gasteiger partial charge in [0.15, 0.2) is 11.5 Å². The summed E-state index contributed by atoms with van der Waals surface area (Å²) in [7, 11) is 2.23. The second kappa shape index (κ2) is 7.96. The Balaban J connectivity index is 1.21. The fourth-order valence-corrected chi connectivity index (χ4v) is 8.25. The van der Waals surface area contributed by atoms with Crippen LogP contribution in [0.25, 0.3) is 0 Å². The van der Waals surface area contributed by atoms with E-state index >= 15 is 0 Å². The third-order valence-electron chi connectivity index (χ3n) is 10.1. The van der Waals surface area contributed by atoms with E-state index in [2.05, 4.69) is 53.2 Å². The van der Waals surface area contributed by atoms with Crippen LogP contribution in [0, 0.1) is 5.92 Å². The van der Waals surface area contributed by atoms with Crippen molar-refractivity contribution < 1.29 is 14.9 Å². The second-order valence-electron chi connectivity index (χ2n) is 12.0. The highest BCUT2D eigenvalue weighted by Crippen LogP contribution is 2.66. The number of phenolic OH excluding ortho intramolecular Hbond substituents is 1. The molecule has 5 atom stereocenters. The molecule has 2 bridgehead atoms. The SMILES string of the molecule is CN(CCCc1ccccc1)[C@@H]1CC[C@@]2(O)[C@H]3Cc4ccc(O)c5c4[C@@]2(CCN3CC2CC2)[C@H]1O5. The van der Waals surface area contributed by atoms with E-state index in [1.165, 1.54) is 24.0 Å². The number of ether oxygens (including phenoxy) is 1. The van der Waals surface area contributed by atoms with E-state index in [0.717, 1.165) is 69.6 Å². The van der Waals surface area contributed by atoms with Crippen molar-refractivity contribution >= 4 is 0 Å². The van der Waals surface area contributed by atoms with Crippen molar-refractivity contribution in [2.45, 2.75) is 80.6 Å². The molecular formula is C30H38N2O3. The molecule has 5 nitrogen and oxygen atoms in total. The molecule has 0 amide bonds. The summed E-state index contributed by atoms with van der Waals surface area (Å²) in [6, 6.07) is 15.0. The number of benzene rings is 2. The van der Waals surface area contributed by atoms with Crippen LogP contribution in [-0.4, -0.2) is 70.5 Å². The van der Waals surface area contributed by atoms with Crippen LogP contribution in [0.1, 0.15) is 55.2 Å². The summed E-state index contributed by atoms with van der Waals surface area (Å²) in [4.78, 5) is 5.09. The smallest absolute Gasteiger partial charge is 0.165 e. The fourth-order valence-electron chi connectivity index (χ4n) is 8.25. The standard InChI is InChI=1S/C30H38N2O3/c1-31(16-5-8-20-6-3-2-4-7-20)23-13-14-30(34)25-18-22-11-12-24(33)27-26(22)29(30,28(23)35-27)15-17-32(25)19-21-9-10-21/h2-4,6-7,11-12,21,23,25,28,33-34H,5,8-10,13-19H2,1H3/t23-,25-,28+,29+,30-/m1/s1. The van der Waals surface area contributed by atoms with Gasteiger partial charge in [0.05, 0.1) is 11.0 Å². The molecule has 2 saturated carbocycles. The maximum atomic E-state index is 12.6. The van der Waals surface area contributed by atoms with E-state index in [-0.39, 0.29) is 23.9 Å². The minimum absolute atomic E-state index is 0.115. The molecule has 3 aliphatic carbocycles. The summed E-state index contributed by atoms with van der Waals surface area (Å²) in [6.45, 7) is 3.14. The number of phenols is 1. The molecule has 1 saturated heterocycles. The Morgan fingerprint density at radius 2 is 1.91 bits per heavy atom. The Hall–Kier alpha value is -2.08. The number of likely N-dealkylation sites (tertiary alicyclic amines) is 1. The normalized spacial score (nSPS) is 35.1. The number of hydrogen-bond acceptors (Lipinski definition) is 5. The van der Waals surface area contributed by atoms with Crippen LogP contribution in [-0.2, 0) is 18.3 Å². The lowest BCUT2D eigenvalue weighted by Gasteiger charge is -2.64. The zero-order valence-electron chi connectivity index (χ0n) is 20.8. The van der Waals surface area contributed by atoms with Crippen LogP contribution in [0.4, 0.5) is 0 Å². The highest BCUT2D eigenvalue weighted by molar-refractivity contribution is 5.62. The molecule has 2 aliphatic heterocycles. The molecule has 1 spiro atoms. The van der Waals surface area contributed by atoms with Crippen LogP contribution >= 0.6 is 0 Å². The van der Waals surface area contributed by atoms with Gasteiger partial charge >= 0.3 is 0 Å². The fraction of sp³-hybridized carbons (Fsp3) is 0.600. The first-order valence-electron chi connectivity index (χ1n) is 13.7. The van der Waals surface area contributed by atoms with Crippen molar-refractivity contribution in [3.63, 3.8) is 0 Å². The number of aliphatic hydroxyl groups is 1. The summed E-state index contributed by atoms with van der Waals surface area (Å²) in [5.41, 5.74) is 2.58. The third kappa shape index (κ3) is 3.17. The molecule has 2 heterocycles. The van der Waals surface area contributed by atoms with Gasteiger partial charge in [0.2, 0.25) is 0 Å². The summed E-state index contributed by atoms with van der Waals surface area (Å²) in [6.07, 6.45) is 8.24. The molecule has 0 aromatic heterocycles. The van der Waals surface area contributed by atoms with Crippen molar-refractivity contribution in [3.8, 4) is 11.5 Å². The first-order chi connectivity index (χ1) is 17.0. The third-order valence-corrected chi connectivity index (χ3v) is 10.1. The van der Waals surface area contributed by atoms with Gasteiger partial charge in [0, 0.05) is 24.2 Å². The lowest BCUT2D eigenvalue weighted by molar-refractivity contribution is -0.199. The van der Waals surface area contributed by atoms with Crippen LogP contribution in [0.2, 0.25) is 0 Å². The van der Waals surface area contributed by atoms with Crippen molar-refractivity contribution in [2.24, 2.45) is 5.92 Å². The molecule has 35 heavy (non-hydrogen) atoms.